The van der Waals surface area contributed by atoms with Gasteiger partial charge in [0.2, 0.25) is 5.82 Å². The summed E-state index contributed by atoms with van der Waals surface area (Å²) in [6.45, 7) is 3.32. The van der Waals surface area contributed by atoms with Gasteiger partial charge in [0, 0.05) is 18.7 Å². The number of H-pyrrole nitrogens is 1. The van der Waals surface area contributed by atoms with Crippen LogP contribution < -0.4 is 5.32 Å². The third-order valence-electron chi connectivity index (χ3n) is 4.15. The van der Waals surface area contributed by atoms with Crippen LogP contribution in [0.25, 0.3) is 11.4 Å². The Balaban J connectivity index is 1.57. The fourth-order valence-corrected chi connectivity index (χ4v) is 2.85. The lowest BCUT2D eigenvalue weighted by Crippen LogP contribution is -2.42. The van der Waals surface area contributed by atoms with Gasteiger partial charge in [-0.3, -0.25) is 0 Å². The van der Waals surface area contributed by atoms with Crippen molar-refractivity contribution >= 4 is 6.03 Å². The predicted molar refractivity (Wildman–Crippen MR) is 91.0 cm³/mol. The number of tetrazole rings is 1. The largest absolute Gasteiger partial charge is 0.334 e. The van der Waals surface area contributed by atoms with Crippen LogP contribution in [0.4, 0.5) is 4.79 Å². The number of nitrogens with one attached hydrogen (secondary N) is 2. The van der Waals surface area contributed by atoms with Crippen LogP contribution in [0.15, 0.2) is 36.4 Å². The Labute approximate surface area is 141 Å². The minimum atomic E-state index is -0.0222. The lowest BCUT2D eigenvalue weighted by Gasteiger charge is -2.25. The summed E-state index contributed by atoms with van der Waals surface area (Å²) in [5.41, 5.74) is 1.88. The lowest BCUT2D eigenvalue weighted by molar-refractivity contribution is 0.193. The first-order chi connectivity index (χ1) is 11.8. The topological polar surface area (TPSA) is 86.8 Å². The van der Waals surface area contributed by atoms with E-state index in [9.17, 15) is 4.79 Å². The summed E-state index contributed by atoms with van der Waals surface area (Å²) in [4.78, 5) is 14.3. The molecule has 2 heterocycles. The summed E-state index contributed by atoms with van der Waals surface area (Å²) in [5, 5.41) is 17.0. The average molecular weight is 326 g/mol. The highest BCUT2D eigenvalue weighted by atomic mass is 16.2. The number of benzene rings is 1. The van der Waals surface area contributed by atoms with Crippen molar-refractivity contribution < 1.29 is 4.79 Å². The number of urea groups is 1. The molecule has 3 rings (SSSR count). The highest BCUT2D eigenvalue weighted by Crippen LogP contribution is 2.17. The zero-order valence-corrected chi connectivity index (χ0v) is 13.8. The van der Waals surface area contributed by atoms with E-state index in [0.717, 1.165) is 30.4 Å². The van der Waals surface area contributed by atoms with Crippen molar-refractivity contribution in [2.24, 2.45) is 0 Å². The van der Waals surface area contributed by atoms with E-state index in [2.05, 4.69) is 45.0 Å². The SMILES string of the molecule is CCCC[C@H]1C=CCN1C(=O)NCc1cccc(-c2nn[nH]n2)c1. The molecule has 1 aliphatic rings. The Morgan fingerprint density at radius 1 is 1.46 bits per heavy atom. The van der Waals surface area contributed by atoms with Gasteiger partial charge in [-0.25, -0.2) is 4.79 Å². The molecule has 0 fully saturated rings. The molecule has 2 N–H and O–H groups in total. The molecular formula is C17H22N6O. The van der Waals surface area contributed by atoms with Gasteiger partial charge in [-0.05, 0) is 23.3 Å². The Bertz CT molecular complexity index is 697. The first kappa shape index (κ1) is 16.2. The lowest BCUT2D eigenvalue weighted by atomic mass is 10.1. The van der Waals surface area contributed by atoms with Gasteiger partial charge in [-0.2, -0.15) is 5.21 Å². The molecule has 1 atom stereocenters. The molecule has 1 aromatic heterocycles. The normalized spacial score (nSPS) is 16.5. The van der Waals surface area contributed by atoms with Crippen molar-refractivity contribution in [3.05, 3.63) is 42.0 Å². The van der Waals surface area contributed by atoms with E-state index in [-0.39, 0.29) is 12.1 Å². The quantitative estimate of drug-likeness (QED) is 0.799. The van der Waals surface area contributed by atoms with E-state index >= 15 is 0 Å². The molecule has 0 aliphatic carbocycles. The number of amides is 2. The molecule has 1 aliphatic heterocycles. The summed E-state index contributed by atoms with van der Waals surface area (Å²) in [7, 11) is 0. The van der Waals surface area contributed by atoms with Crippen LogP contribution in [0.2, 0.25) is 0 Å². The second-order valence-corrected chi connectivity index (χ2v) is 5.88. The Hall–Kier alpha value is -2.70. The van der Waals surface area contributed by atoms with Crippen LogP contribution in [0.3, 0.4) is 0 Å². The van der Waals surface area contributed by atoms with Crippen molar-refractivity contribution in [2.75, 3.05) is 6.54 Å². The van der Waals surface area contributed by atoms with Crippen LogP contribution in [0.1, 0.15) is 31.7 Å². The van der Waals surface area contributed by atoms with E-state index < -0.39 is 0 Å². The summed E-state index contributed by atoms with van der Waals surface area (Å²) in [6.07, 6.45) is 7.49. The minimum absolute atomic E-state index is 0.0222. The molecule has 0 bridgehead atoms. The van der Waals surface area contributed by atoms with Crippen LogP contribution in [0, 0.1) is 0 Å². The number of aromatic amines is 1. The van der Waals surface area contributed by atoms with Gasteiger partial charge in [0.25, 0.3) is 0 Å². The molecule has 24 heavy (non-hydrogen) atoms. The number of hydrogen-bond donors (Lipinski definition) is 2. The highest BCUT2D eigenvalue weighted by molar-refractivity contribution is 5.75. The van der Waals surface area contributed by atoms with Gasteiger partial charge >= 0.3 is 6.03 Å². The van der Waals surface area contributed by atoms with Gasteiger partial charge in [-0.15, -0.1) is 10.2 Å². The van der Waals surface area contributed by atoms with E-state index in [4.69, 9.17) is 0 Å². The van der Waals surface area contributed by atoms with E-state index in [1.807, 2.05) is 29.2 Å². The van der Waals surface area contributed by atoms with Crippen LogP contribution in [-0.2, 0) is 6.54 Å². The monoisotopic (exact) mass is 326 g/mol. The summed E-state index contributed by atoms with van der Waals surface area (Å²) >= 11 is 0. The minimum Gasteiger partial charge on any atom is -0.334 e. The number of aromatic nitrogens is 4. The first-order valence-electron chi connectivity index (χ1n) is 8.32. The third-order valence-corrected chi connectivity index (χ3v) is 4.15. The summed E-state index contributed by atoms with van der Waals surface area (Å²) < 4.78 is 0. The Kier molecular flexibility index (Phi) is 5.20. The molecule has 7 heteroatoms. The number of rotatable bonds is 6. The zero-order chi connectivity index (χ0) is 16.8. The van der Waals surface area contributed by atoms with Gasteiger partial charge in [-0.1, -0.05) is 50.1 Å². The molecule has 0 spiro atoms. The maximum atomic E-state index is 12.4. The molecule has 1 aromatic carbocycles. The molecule has 0 unspecified atom stereocenters. The van der Waals surface area contributed by atoms with E-state index in [1.165, 1.54) is 0 Å². The second kappa shape index (κ2) is 7.72. The molecule has 0 saturated heterocycles. The van der Waals surface area contributed by atoms with Crippen molar-refractivity contribution in [3.8, 4) is 11.4 Å². The standard InChI is InChI=1S/C17H22N6O/c1-2-3-8-15-9-5-10-23(15)17(24)18-12-13-6-4-7-14(11-13)16-19-21-22-20-16/h4-7,9,11,15H,2-3,8,10,12H2,1H3,(H,18,24)(H,19,20,21,22)/t15-/m0/s1. The molecule has 2 aromatic rings. The number of nitrogens with zero attached hydrogens (tertiary/aromatic N) is 4. The number of carbonyl (C=O) groups excluding carboxylic acids is 1. The Morgan fingerprint density at radius 3 is 3.17 bits per heavy atom. The van der Waals surface area contributed by atoms with Crippen molar-refractivity contribution in [2.45, 2.75) is 38.8 Å². The molecule has 7 nitrogen and oxygen atoms in total. The molecule has 2 amide bonds. The smallest absolute Gasteiger partial charge is 0.318 e. The molecule has 0 saturated carbocycles. The fraction of sp³-hybridized carbons (Fsp3) is 0.412. The number of carbonyl (C=O) groups is 1. The predicted octanol–water partition coefficient (Wildman–Crippen LogP) is 2.51. The second-order valence-electron chi connectivity index (χ2n) is 5.88. The van der Waals surface area contributed by atoms with E-state index in [1.54, 1.807) is 0 Å². The molecule has 126 valence electrons. The average Bonchev–Trinajstić information content (AvgIpc) is 3.29. The number of unbranched alkanes of at least 4 members (excludes halogenated alkanes) is 1. The first-order valence-corrected chi connectivity index (χ1v) is 8.32. The zero-order valence-electron chi connectivity index (χ0n) is 13.8. The van der Waals surface area contributed by atoms with Crippen molar-refractivity contribution in [3.63, 3.8) is 0 Å². The summed E-state index contributed by atoms with van der Waals surface area (Å²) in [6, 6.07) is 7.97. The maximum Gasteiger partial charge on any atom is 0.318 e. The maximum absolute atomic E-state index is 12.4. The third kappa shape index (κ3) is 3.79. The van der Waals surface area contributed by atoms with Gasteiger partial charge in [0.15, 0.2) is 0 Å². The number of hydrogen-bond acceptors (Lipinski definition) is 4. The molecular weight excluding hydrogens is 304 g/mol. The Morgan fingerprint density at radius 2 is 2.38 bits per heavy atom. The van der Waals surface area contributed by atoms with Crippen LogP contribution in [0.5, 0.6) is 0 Å². The highest BCUT2D eigenvalue weighted by Gasteiger charge is 2.23. The van der Waals surface area contributed by atoms with Crippen molar-refractivity contribution in [1.29, 1.82) is 0 Å². The van der Waals surface area contributed by atoms with Crippen LogP contribution >= 0.6 is 0 Å². The van der Waals surface area contributed by atoms with Gasteiger partial charge in [0.1, 0.15) is 0 Å². The summed E-state index contributed by atoms with van der Waals surface area (Å²) in [5.74, 6) is 0.548. The van der Waals surface area contributed by atoms with Gasteiger partial charge < -0.3 is 10.2 Å². The molecule has 0 radical (unpaired) electrons. The van der Waals surface area contributed by atoms with Gasteiger partial charge in [0.05, 0.1) is 6.04 Å². The van der Waals surface area contributed by atoms with Crippen LogP contribution in [-0.4, -0.2) is 44.1 Å². The van der Waals surface area contributed by atoms with E-state index in [0.29, 0.717) is 18.9 Å². The van der Waals surface area contributed by atoms with Crippen molar-refractivity contribution in [1.82, 2.24) is 30.8 Å². The fourth-order valence-electron chi connectivity index (χ4n) is 2.85.